The molecule has 0 unspecified atom stereocenters. The Bertz CT molecular complexity index is 730. The van der Waals surface area contributed by atoms with E-state index in [9.17, 15) is 17.2 Å². The minimum atomic E-state index is -3.87. The molecule has 8 heteroatoms. The summed E-state index contributed by atoms with van der Waals surface area (Å²) in [6.45, 7) is 0.736. The lowest BCUT2D eigenvalue weighted by atomic mass is 10.3. The smallest absolute Gasteiger partial charge is 0.271 e. The van der Waals surface area contributed by atoms with Crippen LogP contribution in [0.15, 0.2) is 34.5 Å². The zero-order valence-corrected chi connectivity index (χ0v) is 12.8. The van der Waals surface area contributed by atoms with Gasteiger partial charge in [0.15, 0.2) is 0 Å². The fourth-order valence-corrected chi connectivity index (χ4v) is 4.08. The lowest BCUT2D eigenvalue weighted by molar-refractivity contribution is 0.583. The van der Waals surface area contributed by atoms with Crippen LogP contribution in [-0.2, 0) is 16.4 Å². The summed E-state index contributed by atoms with van der Waals surface area (Å²) in [5.41, 5.74) is -0.276. The van der Waals surface area contributed by atoms with Crippen LogP contribution in [0.5, 0.6) is 0 Å². The first-order valence-electron chi connectivity index (χ1n) is 6.13. The number of hydrogen-bond acceptors (Lipinski definition) is 4. The normalized spacial score (nSPS) is 11.6. The van der Waals surface area contributed by atoms with Crippen LogP contribution in [0, 0.1) is 11.6 Å². The highest BCUT2D eigenvalue weighted by atomic mass is 32.2. The van der Waals surface area contributed by atoms with E-state index < -0.39 is 21.7 Å². The highest BCUT2D eigenvalue weighted by Crippen LogP contribution is 2.25. The van der Waals surface area contributed by atoms with Crippen LogP contribution in [0.3, 0.4) is 0 Å². The van der Waals surface area contributed by atoms with Crippen LogP contribution in [0.1, 0.15) is 4.88 Å². The summed E-state index contributed by atoms with van der Waals surface area (Å²) in [5.74, 6) is -1.72. The van der Waals surface area contributed by atoms with E-state index in [0.717, 1.165) is 34.9 Å². The molecule has 4 nitrogen and oxygen atoms in total. The van der Waals surface area contributed by atoms with Gasteiger partial charge in [-0.3, -0.25) is 4.72 Å². The number of likely N-dealkylation sites (N-methyl/N-ethyl adjacent to an activating group) is 1. The van der Waals surface area contributed by atoms with Crippen LogP contribution in [0.25, 0.3) is 0 Å². The number of rotatable bonds is 6. The molecule has 0 bridgehead atoms. The fraction of sp³-hybridized carbons (Fsp3) is 0.231. The van der Waals surface area contributed by atoms with Crippen molar-refractivity contribution in [2.24, 2.45) is 0 Å². The minimum absolute atomic E-state index is 0.0947. The summed E-state index contributed by atoms with van der Waals surface area (Å²) >= 11 is 1.12. The Kier molecular flexibility index (Phi) is 4.92. The van der Waals surface area contributed by atoms with Gasteiger partial charge in [-0.2, -0.15) is 0 Å². The second-order valence-electron chi connectivity index (χ2n) is 4.30. The zero-order valence-electron chi connectivity index (χ0n) is 11.2. The standard InChI is InChI=1S/C13H14F2N2O2S2/c1-16-7-6-10-3-5-13(20-10)21(18,19)17-12-4-2-9(14)8-11(12)15/h2-5,8,16-17H,6-7H2,1H3. The molecule has 0 saturated carbocycles. The quantitative estimate of drug-likeness (QED) is 0.855. The van der Waals surface area contributed by atoms with Gasteiger partial charge in [0.05, 0.1) is 5.69 Å². The van der Waals surface area contributed by atoms with E-state index in [-0.39, 0.29) is 9.90 Å². The molecule has 114 valence electrons. The van der Waals surface area contributed by atoms with Crippen LogP contribution in [0.2, 0.25) is 0 Å². The van der Waals surface area contributed by atoms with Crippen LogP contribution in [0.4, 0.5) is 14.5 Å². The Labute approximate surface area is 125 Å². The third kappa shape index (κ3) is 3.99. The first-order valence-corrected chi connectivity index (χ1v) is 8.43. The maximum atomic E-state index is 13.5. The molecule has 0 aliphatic rings. The van der Waals surface area contributed by atoms with Crippen molar-refractivity contribution in [2.45, 2.75) is 10.6 Å². The molecular formula is C13H14F2N2O2S2. The van der Waals surface area contributed by atoms with Crippen LogP contribution < -0.4 is 10.0 Å². The highest BCUT2D eigenvalue weighted by Gasteiger charge is 2.18. The maximum absolute atomic E-state index is 13.5. The van der Waals surface area contributed by atoms with Gasteiger partial charge in [0.2, 0.25) is 0 Å². The number of thiophene rings is 1. The fourth-order valence-electron chi connectivity index (χ4n) is 1.65. The van der Waals surface area contributed by atoms with E-state index in [1.54, 1.807) is 6.07 Å². The summed E-state index contributed by atoms with van der Waals surface area (Å²) in [7, 11) is -2.06. The van der Waals surface area contributed by atoms with E-state index >= 15 is 0 Å². The van der Waals surface area contributed by atoms with Crippen molar-refractivity contribution >= 4 is 27.0 Å². The monoisotopic (exact) mass is 332 g/mol. The molecule has 2 aromatic rings. The third-order valence-corrected chi connectivity index (χ3v) is 5.70. The first-order chi connectivity index (χ1) is 9.92. The van der Waals surface area contributed by atoms with Crippen molar-refractivity contribution in [3.63, 3.8) is 0 Å². The summed E-state index contributed by atoms with van der Waals surface area (Å²) in [6.07, 6.45) is 0.710. The molecule has 1 aromatic carbocycles. The molecule has 0 aliphatic carbocycles. The van der Waals surface area contributed by atoms with Gasteiger partial charge < -0.3 is 5.32 Å². The average Bonchev–Trinajstić information content (AvgIpc) is 2.89. The first kappa shape index (κ1) is 15.9. The van der Waals surface area contributed by atoms with Crippen molar-refractivity contribution in [2.75, 3.05) is 18.3 Å². The number of benzene rings is 1. The average molecular weight is 332 g/mol. The Balaban J connectivity index is 2.19. The molecule has 1 heterocycles. The van der Waals surface area contributed by atoms with Gasteiger partial charge in [0, 0.05) is 10.9 Å². The van der Waals surface area contributed by atoms with Gasteiger partial charge in [-0.1, -0.05) is 0 Å². The molecule has 21 heavy (non-hydrogen) atoms. The summed E-state index contributed by atoms with van der Waals surface area (Å²) in [4.78, 5) is 0.907. The number of halogens is 2. The van der Waals surface area contributed by atoms with Crippen LogP contribution in [-0.4, -0.2) is 22.0 Å². The SMILES string of the molecule is CNCCc1ccc(S(=O)(=O)Nc2ccc(F)cc2F)s1. The maximum Gasteiger partial charge on any atom is 0.271 e. The van der Waals surface area contributed by atoms with E-state index in [1.165, 1.54) is 6.07 Å². The molecule has 0 fully saturated rings. The van der Waals surface area contributed by atoms with Crippen LogP contribution >= 0.6 is 11.3 Å². The lowest BCUT2D eigenvalue weighted by Crippen LogP contribution is -2.12. The summed E-state index contributed by atoms with van der Waals surface area (Å²) in [6, 6.07) is 5.87. The third-order valence-electron chi connectivity index (χ3n) is 2.70. The predicted octanol–water partition coefficient (Wildman–Crippen LogP) is 2.59. The van der Waals surface area contributed by atoms with Crippen molar-refractivity contribution in [3.05, 3.63) is 46.8 Å². The van der Waals surface area contributed by atoms with Gasteiger partial charge in [-0.15, -0.1) is 11.3 Å². The summed E-state index contributed by atoms with van der Waals surface area (Å²) < 4.78 is 52.8. The van der Waals surface area contributed by atoms with E-state index in [2.05, 4.69) is 10.0 Å². The van der Waals surface area contributed by atoms with Crippen molar-refractivity contribution < 1.29 is 17.2 Å². The Morgan fingerprint density at radius 1 is 1.19 bits per heavy atom. The topological polar surface area (TPSA) is 58.2 Å². The lowest BCUT2D eigenvalue weighted by Gasteiger charge is -2.07. The molecule has 2 rings (SSSR count). The zero-order chi connectivity index (χ0) is 15.5. The van der Waals surface area contributed by atoms with Gasteiger partial charge in [0.25, 0.3) is 10.0 Å². The highest BCUT2D eigenvalue weighted by molar-refractivity contribution is 7.94. The number of hydrogen-bond donors (Lipinski definition) is 2. The van der Waals surface area contributed by atoms with E-state index in [4.69, 9.17) is 0 Å². The van der Waals surface area contributed by atoms with Gasteiger partial charge in [-0.05, 0) is 44.3 Å². The second-order valence-corrected chi connectivity index (χ2v) is 7.38. The molecule has 0 saturated heterocycles. The largest absolute Gasteiger partial charge is 0.319 e. The van der Waals surface area contributed by atoms with Crippen molar-refractivity contribution in [1.82, 2.24) is 5.32 Å². The number of sulfonamides is 1. The molecule has 2 N–H and O–H groups in total. The summed E-state index contributed by atoms with van der Waals surface area (Å²) in [5, 5.41) is 2.97. The van der Waals surface area contributed by atoms with Gasteiger partial charge >= 0.3 is 0 Å². The Hall–Kier alpha value is -1.51. The molecule has 0 aliphatic heterocycles. The molecular weight excluding hydrogens is 318 g/mol. The predicted molar refractivity (Wildman–Crippen MR) is 79.1 cm³/mol. The van der Waals surface area contributed by atoms with Gasteiger partial charge in [0.1, 0.15) is 15.8 Å². The van der Waals surface area contributed by atoms with E-state index in [0.29, 0.717) is 12.5 Å². The van der Waals surface area contributed by atoms with E-state index in [1.807, 2.05) is 7.05 Å². The number of anilines is 1. The molecule has 0 amide bonds. The molecule has 0 atom stereocenters. The molecule has 0 spiro atoms. The van der Waals surface area contributed by atoms with Gasteiger partial charge in [-0.25, -0.2) is 17.2 Å². The number of nitrogens with one attached hydrogen (secondary N) is 2. The minimum Gasteiger partial charge on any atom is -0.319 e. The Morgan fingerprint density at radius 2 is 1.95 bits per heavy atom. The molecule has 0 radical (unpaired) electrons. The van der Waals surface area contributed by atoms with Crippen molar-refractivity contribution in [1.29, 1.82) is 0 Å². The van der Waals surface area contributed by atoms with Crippen molar-refractivity contribution in [3.8, 4) is 0 Å². The Morgan fingerprint density at radius 3 is 2.62 bits per heavy atom. The second kappa shape index (κ2) is 6.50. The molecule has 1 aromatic heterocycles.